The van der Waals surface area contributed by atoms with Crippen LogP contribution in [0.2, 0.25) is 0 Å². The summed E-state index contributed by atoms with van der Waals surface area (Å²) in [4.78, 5) is 25.4. The van der Waals surface area contributed by atoms with Crippen LogP contribution in [-0.4, -0.2) is 18.2 Å². The Morgan fingerprint density at radius 3 is 2.16 bits per heavy atom. The molecular weight excluding hydrogens is 396 g/mol. The molecule has 0 N–H and O–H groups in total. The summed E-state index contributed by atoms with van der Waals surface area (Å²) in [5.74, 6) is 1.25. The summed E-state index contributed by atoms with van der Waals surface area (Å²) in [7, 11) is 0. The van der Waals surface area contributed by atoms with Crippen molar-refractivity contribution >= 4 is 11.6 Å². The maximum atomic E-state index is 12.8. The minimum atomic E-state index is -0.391. The van der Waals surface area contributed by atoms with Crippen LogP contribution in [0.3, 0.4) is 0 Å². The first-order chi connectivity index (χ1) is 15.6. The smallest absolute Gasteiger partial charge is 0.147 e. The van der Waals surface area contributed by atoms with Crippen molar-refractivity contribution in [3.05, 3.63) is 54.1 Å². The fourth-order valence-electron chi connectivity index (χ4n) is 4.58. The molecule has 3 rings (SSSR count). The molecule has 1 saturated carbocycles. The number of ketones is 2. The van der Waals surface area contributed by atoms with E-state index >= 15 is 0 Å². The van der Waals surface area contributed by atoms with E-state index in [1.807, 2.05) is 24.3 Å². The summed E-state index contributed by atoms with van der Waals surface area (Å²) in [5, 5.41) is 0. The molecule has 0 aliphatic heterocycles. The lowest BCUT2D eigenvalue weighted by atomic mass is 9.76. The molecule has 0 spiro atoms. The molecule has 2 aromatic rings. The van der Waals surface area contributed by atoms with Gasteiger partial charge in [-0.1, -0.05) is 82.3 Å². The van der Waals surface area contributed by atoms with Crippen LogP contribution in [0.4, 0.5) is 0 Å². The van der Waals surface area contributed by atoms with Crippen LogP contribution in [0.25, 0.3) is 11.1 Å². The molecule has 2 atom stereocenters. The van der Waals surface area contributed by atoms with Gasteiger partial charge in [0.1, 0.15) is 17.3 Å². The van der Waals surface area contributed by atoms with Crippen LogP contribution in [0, 0.1) is 11.8 Å². The highest BCUT2D eigenvalue weighted by atomic mass is 16.5. The highest BCUT2D eigenvalue weighted by Gasteiger charge is 2.32. The third kappa shape index (κ3) is 7.05. The molecule has 3 heteroatoms. The average molecular weight is 435 g/mol. The van der Waals surface area contributed by atoms with Crippen molar-refractivity contribution in [2.75, 3.05) is 6.61 Å². The van der Waals surface area contributed by atoms with Crippen LogP contribution < -0.4 is 4.74 Å². The normalized spacial score (nSPS) is 18.5. The van der Waals surface area contributed by atoms with Crippen LogP contribution >= 0.6 is 0 Å². The van der Waals surface area contributed by atoms with Crippen molar-refractivity contribution in [1.82, 2.24) is 0 Å². The molecule has 1 fully saturated rings. The topological polar surface area (TPSA) is 43.4 Å². The van der Waals surface area contributed by atoms with E-state index in [1.165, 1.54) is 19.3 Å². The number of ether oxygens (including phenoxy) is 1. The second kappa shape index (κ2) is 12.6. The molecule has 1 aliphatic carbocycles. The second-order valence-corrected chi connectivity index (χ2v) is 9.23. The fraction of sp³-hybridized carbons (Fsp3) is 0.517. The molecule has 0 bridgehead atoms. The van der Waals surface area contributed by atoms with E-state index in [1.54, 1.807) is 0 Å². The van der Waals surface area contributed by atoms with Crippen molar-refractivity contribution in [2.24, 2.45) is 11.8 Å². The van der Waals surface area contributed by atoms with Gasteiger partial charge in [-0.25, -0.2) is 0 Å². The van der Waals surface area contributed by atoms with Gasteiger partial charge in [0, 0.05) is 12.8 Å². The molecule has 3 nitrogen and oxygen atoms in total. The van der Waals surface area contributed by atoms with Gasteiger partial charge in [-0.15, -0.1) is 0 Å². The van der Waals surface area contributed by atoms with E-state index in [-0.39, 0.29) is 11.6 Å². The molecule has 32 heavy (non-hydrogen) atoms. The van der Waals surface area contributed by atoms with Gasteiger partial charge in [-0.2, -0.15) is 0 Å². The van der Waals surface area contributed by atoms with Crippen molar-refractivity contribution in [2.45, 2.75) is 78.1 Å². The Bertz CT molecular complexity index is 851. The van der Waals surface area contributed by atoms with Crippen LogP contribution in [0.1, 0.15) is 77.2 Å². The van der Waals surface area contributed by atoms with Gasteiger partial charge in [-0.3, -0.25) is 9.59 Å². The van der Waals surface area contributed by atoms with Crippen LogP contribution in [0.15, 0.2) is 48.5 Å². The molecule has 0 amide bonds. The van der Waals surface area contributed by atoms with E-state index in [0.717, 1.165) is 61.2 Å². The number of Topliss-reactive ketones (excluding diaryl/α,β-unsaturated/α-hetero) is 2. The van der Waals surface area contributed by atoms with Crippen molar-refractivity contribution < 1.29 is 14.3 Å². The third-order valence-corrected chi connectivity index (χ3v) is 6.63. The minimum absolute atomic E-state index is 0.0864. The number of hydrogen-bond donors (Lipinski definition) is 0. The summed E-state index contributed by atoms with van der Waals surface area (Å²) < 4.78 is 5.73. The maximum Gasteiger partial charge on any atom is 0.147 e. The Morgan fingerprint density at radius 1 is 0.875 bits per heavy atom. The van der Waals surface area contributed by atoms with Crippen molar-refractivity contribution in [3.63, 3.8) is 0 Å². The summed E-state index contributed by atoms with van der Waals surface area (Å²) >= 11 is 0. The number of hydrogen-bond acceptors (Lipinski definition) is 3. The predicted octanol–water partition coefficient (Wildman–Crippen LogP) is 7.21. The summed E-state index contributed by atoms with van der Waals surface area (Å²) in [6.07, 6.45) is 9.66. The molecule has 0 radical (unpaired) electrons. The van der Waals surface area contributed by atoms with Crippen LogP contribution in [-0.2, 0) is 16.0 Å². The van der Waals surface area contributed by atoms with Gasteiger partial charge in [0.25, 0.3) is 0 Å². The molecule has 1 aliphatic rings. The first kappa shape index (κ1) is 24.2. The van der Waals surface area contributed by atoms with Crippen molar-refractivity contribution in [3.8, 4) is 16.9 Å². The number of benzene rings is 2. The standard InChI is InChI=1S/C29H38O3/c1-3-5-7-8-22-11-18-27(28(30)20-22)29(31)21-23-9-12-24(13-10-23)25-14-16-26(17-15-25)32-19-6-4-2/h9-10,12-17,22,27H,3-8,11,18-21H2,1-2H3. The lowest BCUT2D eigenvalue weighted by Gasteiger charge is -2.26. The minimum Gasteiger partial charge on any atom is -0.494 e. The zero-order valence-electron chi connectivity index (χ0n) is 19.8. The predicted molar refractivity (Wildman–Crippen MR) is 131 cm³/mol. The summed E-state index contributed by atoms with van der Waals surface area (Å²) in [6.45, 7) is 5.11. The Hall–Kier alpha value is -2.42. The number of rotatable bonds is 12. The van der Waals surface area contributed by atoms with Crippen molar-refractivity contribution in [1.29, 1.82) is 0 Å². The SMILES string of the molecule is CCCCCC1CCC(C(=O)Cc2ccc(-c3ccc(OCCCC)cc3)cc2)C(=O)C1. The highest BCUT2D eigenvalue weighted by Crippen LogP contribution is 2.31. The second-order valence-electron chi connectivity index (χ2n) is 9.23. The molecular formula is C29H38O3. The zero-order chi connectivity index (χ0) is 22.8. The quantitative estimate of drug-likeness (QED) is 0.262. The van der Waals surface area contributed by atoms with Gasteiger partial charge in [0.15, 0.2) is 0 Å². The molecule has 0 aromatic heterocycles. The highest BCUT2D eigenvalue weighted by molar-refractivity contribution is 6.03. The molecule has 2 unspecified atom stereocenters. The number of carbonyl (C=O) groups is 2. The fourth-order valence-corrected chi connectivity index (χ4v) is 4.58. The molecule has 0 heterocycles. The Morgan fingerprint density at radius 2 is 1.53 bits per heavy atom. The monoisotopic (exact) mass is 434 g/mol. The average Bonchev–Trinajstić information content (AvgIpc) is 2.80. The molecule has 2 aromatic carbocycles. The van der Waals surface area contributed by atoms with E-state index < -0.39 is 5.92 Å². The Labute approximate surface area is 193 Å². The number of unbranched alkanes of at least 4 members (excludes halogenated alkanes) is 3. The van der Waals surface area contributed by atoms with Gasteiger partial charge in [0.05, 0.1) is 12.5 Å². The Kier molecular flexibility index (Phi) is 9.52. The third-order valence-electron chi connectivity index (χ3n) is 6.63. The first-order valence-electron chi connectivity index (χ1n) is 12.5. The van der Waals surface area contributed by atoms with Gasteiger partial charge in [0.2, 0.25) is 0 Å². The maximum absolute atomic E-state index is 12.8. The Balaban J connectivity index is 1.51. The molecule has 0 saturated heterocycles. The summed E-state index contributed by atoms with van der Waals surface area (Å²) in [5.41, 5.74) is 3.23. The number of carbonyl (C=O) groups excluding carboxylic acids is 2. The van der Waals surface area contributed by atoms with E-state index in [0.29, 0.717) is 18.8 Å². The first-order valence-corrected chi connectivity index (χ1v) is 12.5. The summed E-state index contributed by atoms with van der Waals surface area (Å²) in [6, 6.07) is 16.3. The van der Waals surface area contributed by atoms with Gasteiger partial charge >= 0.3 is 0 Å². The van der Waals surface area contributed by atoms with E-state index in [9.17, 15) is 9.59 Å². The largest absolute Gasteiger partial charge is 0.494 e. The molecule has 172 valence electrons. The van der Waals surface area contributed by atoms with E-state index in [4.69, 9.17) is 4.74 Å². The lowest BCUT2D eigenvalue weighted by Crippen LogP contribution is -2.32. The zero-order valence-corrected chi connectivity index (χ0v) is 19.8. The van der Waals surface area contributed by atoms with Crippen LogP contribution in [0.5, 0.6) is 5.75 Å². The van der Waals surface area contributed by atoms with Gasteiger partial charge in [-0.05, 0) is 54.0 Å². The van der Waals surface area contributed by atoms with Gasteiger partial charge < -0.3 is 4.74 Å². The van der Waals surface area contributed by atoms with E-state index in [2.05, 4.69) is 38.1 Å². The lowest BCUT2D eigenvalue weighted by molar-refractivity contribution is -0.135.